The lowest BCUT2D eigenvalue weighted by atomic mass is 9.76. The fourth-order valence-corrected chi connectivity index (χ4v) is 4.75. The maximum atomic E-state index is 13.3. The van der Waals surface area contributed by atoms with E-state index in [9.17, 15) is 10.1 Å². The number of ketones is 1. The minimum atomic E-state index is -0.603. The van der Waals surface area contributed by atoms with Gasteiger partial charge >= 0.3 is 0 Å². The molecule has 3 aliphatic rings. The topological polar surface area (TPSA) is 110 Å². The van der Waals surface area contributed by atoms with Crippen LogP contribution in [0, 0.1) is 11.3 Å². The number of benzene rings is 1. The average Bonchev–Trinajstić information content (AvgIpc) is 2.83. The molecule has 2 heterocycles. The number of carbonyl (C=O) groups is 1. The van der Waals surface area contributed by atoms with Crippen LogP contribution in [-0.4, -0.2) is 63.4 Å². The number of carbonyl (C=O) groups excluding carboxylic acids is 1. The lowest BCUT2D eigenvalue weighted by Gasteiger charge is -2.45. The number of ether oxygens (including phenoxy) is 4. The first-order valence-electron chi connectivity index (χ1n) is 10.6. The van der Waals surface area contributed by atoms with Crippen LogP contribution in [0.2, 0.25) is 0 Å². The highest BCUT2D eigenvalue weighted by Crippen LogP contribution is 2.48. The molecule has 0 amide bonds. The van der Waals surface area contributed by atoms with E-state index in [4.69, 9.17) is 24.7 Å². The third-order valence-corrected chi connectivity index (χ3v) is 6.18. The number of rotatable bonds is 5. The number of hydrazine groups is 1. The van der Waals surface area contributed by atoms with Crippen molar-refractivity contribution in [1.82, 2.24) is 10.0 Å². The Hall–Kier alpha value is -3.22. The SMILES string of the molecule is COc1cc(C2C(C#N)=C(N)N(N3CCOCC3)C3=C2C(=O)CCC3)cc(OC)c1OC. The minimum absolute atomic E-state index is 0.0310. The Kier molecular flexibility index (Phi) is 6.26. The number of allylic oxidation sites excluding steroid dienone is 3. The van der Waals surface area contributed by atoms with Crippen LogP contribution in [0.4, 0.5) is 0 Å². The number of hydrogen-bond donors (Lipinski definition) is 1. The number of nitrogens with two attached hydrogens (primary N) is 1. The van der Waals surface area contributed by atoms with Gasteiger partial charge in [0.1, 0.15) is 5.82 Å². The first-order valence-corrected chi connectivity index (χ1v) is 10.6. The second-order valence-electron chi connectivity index (χ2n) is 7.82. The molecule has 1 fully saturated rings. The average molecular weight is 441 g/mol. The molecule has 32 heavy (non-hydrogen) atoms. The fraction of sp³-hybridized carbons (Fsp3) is 0.478. The number of nitriles is 1. The van der Waals surface area contributed by atoms with Gasteiger partial charge in [-0.2, -0.15) is 5.26 Å². The highest BCUT2D eigenvalue weighted by atomic mass is 16.5. The smallest absolute Gasteiger partial charge is 0.203 e. The Morgan fingerprint density at radius 1 is 1.09 bits per heavy atom. The standard InChI is InChI=1S/C23H28N4O5/c1-29-18-11-14(12-19(30-2)22(18)31-3)20-15(13-24)23(25)27(26-7-9-32-10-8-26)16-5-4-6-17(28)21(16)20/h11-12,20H,4-10,25H2,1-3H3. The molecule has 1 saturated heterocycles. The molecule has 1 aromatic carbocycles. The third-order valence-electron chi connectivity index (χ3n) is 6.18. The van der Waals surface area contributed by atoms with Crippen LogP contribution in [0.3, 0.4) is 0 Å². The molecule has 9 nitrogen and oxygen atoms in total. The summed E-state index contributed by atoms with van der Waals surface area (Å²) >= 11 is 0. The number of hydrogen-bond acceptors (Lipinski definition) is 9. The second kappa shape index (κ2) is 9.10. The summed E-state index contributed by atoms with van der Waals surface area (Å²) in [5.74, 6) is 1.14. The van der Waals surface area contributed by atoms with Gasteiger partial charge < -0.3 is 24.7 Å². The Morgan fingerprint density at radius 3 is 2.31 bits per heavy atom. The van der Waals surface area contributed by atoms with Crippen molar-refractivity contribution in [1.29, 1.82) is 5.26 Å². The summed E-state index contributed by atoms with van der Waals surface area (Å²) in [4.78, 5) is 13.3. The fourth-order valence-electron chi connectivity index (χ4n) is 4.75. The molecular weight excluding hydrogens is 412 g/mol. The molecule has 170 valence electrons. The highest BCUT2D eigenvalue weighted by Gasteiger charge is 2.42. The van der Waals surface area contributed by atoms with Gasteiger partial charge in [-0.05, 0) is 30.5 Å². The number of morpholine rings is 1. The van der Waals surface area contributed by atoms with Gasteiger partial charge in [-0.1, -0.05) is 0 Å². The first-order chi connectivity index (χ1) is 15.5. The van der Waals surface area contributed by atoms with Crippen LogP contribution in [0.1, 0.15) is 30.7 Å². The molecular formula is C23H28N4O5. The number of Topliss-reactive ketones (excluding diaryl/α,β-unsaturated/α-hetero) is 1. The lowest BCUT2D eigenvalue weighted by Crippen LogP contribution is -2.52. The molecule has 0 aromatic heterocycles. The van der Waals surface area contributed by atoms with Crippen molar-refractivity contribution in [2.45, 2.75) is 25.2 Å². The van der Waals surface area contributed by atoms with Crippen LogP contribution in [-0.2, 0) is 9.53 Å². The summed E-state index contributed by atoms with van der Waals surface area (Å²) in [6.45, 7) is 2.41. The highest BCUT2D eigenvalue weighted by molar-refractivity contribution is 5.99. The van der Waals surface area contributed by atoms with E-state index in [1.165, 1.54) is 21.3 Å². The minimum Gasteiger partial charge on any atom is -0.493 e. The van der Waals surface area contributed by atoms with E-state index in [0.29, 0.717) is 78.9 Å². The number of nitrogens with zero attached hydrogens (tertiary/aromatic N) is 3. The third kappa shape index (κ3) is 3.55. The van der Waals surface area contributed by atoms with E-state index in [-0.39, 0.29) is 5.78 Å². The number of methoxy groups -OCH3 is 3. The summed E-state index contributed by atoms with van der Waals surface area (Å²) in [7, 11) is 4.60. The van der Waals surface area contributed by atoms with Gasteiger partial charge in [-0.25, -0.2) is 5.01 Å². The molecule has 1 atom stereocenters. The predicted molar refractivity (Wildman–Crippen MR) is 116 cm³/mol. The summed E-state index contributed by atoms with van der Waals surface area (Å²) in [5.41, 5.74) is 9.11. The van der Waals surface area contributed by atoms with E-state index in [2.05, 4.69) is 11.1 Å². The molecule has 2 aliphatic heterocycles. The molecule has 0 spiro atoms. The van der Waals surface area contributed by atoms with E-state index in [0.717, 1.165) is 12.1 Å². The van der Waals surface area contributed by atoms with E-state index in [1.807, 2.05) is 5.01 Å². The molecule has 1 aliphatic carbocycles. The van der Waals surface area contributed by atoms with E-state index >= 15 is 0 Å². The van der Waals surface area contributed by atoms with Gasteiger partial charge in [0, 0.05) is 30.8 Å². The monoisotopic (exact) mass is 440 g/mol. The second-order valence-corrected chi connectivity index (χ2v) is 7.82. The molecule has 4 rings (SSSR count). The maximum absolute atomic E-state index is 13.3. The van der Waals surface area contributed by atoms with Gasteiger partial charge in [-0.15, -0.1) is 0 Å². The molecule has 2 N–H and O–H groups in total. The first kappa shape index (κ1) is 22.0. The summed E-state index contributed by atoms with van der Waals surface area (Å²) in [6.07, 6.45) is 1.89. The van der Waals surface area contributed by atoms with Crippen LogP contribution in [0.5, 0.6) is 17.2 Å². The quantitative estimate of drug-likeness (QED) is 0.735. The molecule has 9 heteroatoms. The zero-order valence-corrected chi connectivity index (χ0v) is 18.6. The van der Waals surface area contributed by atoms with Gasteiger partial charge in [-0.3, -0.25) is 9.80 Å². The maximum Gasteiger partial charge on any atom is 0.203 e. The van der Waals surface area contributed by atoms with Crippen molar-refractivity contribution < 1.29 is 23.7 Å². The Balaban J connectivity index is 1.92. The zero-order chi connectivity index (χ0) is 22.8. The van der Waals surface area contributed by atoms with Crippen molar-refractivity contribution in [3.05, 3.63) is 40.4 Å². The van der Waals surface area contributed by atoms with E-state index in [1.54, 1.807) is 12.1 Å². The lowest BCUT2D eigenvalue weighted by molar-refractivity contribution is -0.117. The summed E-state index contributed by atoms with van der Waals surface area (Å²) < 4.78 is 22.0. The van der Waals surface area contributed by atoms with Crippen LogP contribution in [0.15, 0.2) is 34.8 Å². The van der Waals surface area contributed by atoms with Crippen molar-refractivity contribution in [3.8, 4) is 23.3 Å². The van der Waals surface area contributed by atoms with Gasteiger partial charge in [0.05, 0.1) is 52.1 Å². The van der Waals surface area contributed by atoms with E-state index < -0.39 is 5.92 Å². The van der Waals surface area contributed by atoms with Gasteiger partial charge in [0.2, 0.25) is 5.75 Å². The zero-order valence-electron chi connectivity index (χ0n) is 18.6. The Morgan fingerprint density at radius 2 is 1.75 bits per heavy atom. The molecule has 1 aromatic rings. The van der Waals surface area contributed by atoms with Crippen molar-refractivity contribution >= 4 is 5.78 Å². The molecule has 1 unspecified atom stereocenters. The molecule has 0 bridgehead atoms. The van der Waals surface area contributed by atoms with Gasteiger partial charge in [0.25, 0.3) is 0 Å². The van der Waals surface area contributed by atoms with Gasteiger partial charge in [0.15, 0.2) is 17.3 Å². The molecule has 0 saturated carbocycles. The normalized spacial score (nSPS) is 21.9. The Bertz CT molecular complexity index is 995. The van der Waals surface area contributed by atoms with Crippen molar-refractivity contribution in [2.75, 3.05) is 47.6 Å². The van der Waals surface area contributed by atoms with Crippen LogP contribution < -0.4 is 19.9 Å². The predicted octanol–water partition coefficient (Wildman–Crippen LogP) is 2.06. The Labute approximate surface area is 187 Å². The van der Waals surface area contributed by atoms with Crippen LogP contribution >= 0.6 is 0 Å². The largest absolute Gasteiger partial charge is 0.493 e. The van der Waals surface area contributed by atoms with Crippen LogP contribution in [0.25, 0.3) is 0 Å². The van der Waals surface area contributed by atoms with Crippen molar-refractivity contribution in [2.24, 2.45) is 5.73 Å². The summed E-state index contributed by atoms with van der Waals surface area (Å²) in [5, 5.41) is 14.1. The van der Waals surface area contributed by atoms with Crippen molar-refractivity contribution in [3.63, 3.8) is 0 Å². The summed E-state index contributed by atoms with van der Waals surface area (Å²) in [6, 6.07) is 5.85. The molecule has 0 radical (unpaired) electrons.